The Bertz CT molecular complexity index is 608. The highest BCUT2D eigenvalue weighted by Gasteiger charge is 2.16. The van der Waals surface area contributed by atoms with Gasteiger partial charge in [0.05, 0.1) is 6.61 Å². The van der Waals surface area contributed by atoms with Gasteiger partial charge in [0.25, 0.3) is 0 Å². The number of hydrogen-bond acceptors (Lipinski definition) is 5. The Morgan fingerprint density at radius 2 is 2.10 bits per heavy atom. The zero-order valence-electron chi connectivity index (χ0n) is 11.9. The molecule has 0 aliphatic rings. The van der Waals surface area contributed by atoms with Crippen LogP contribution in [0.3, 0.4) is 0 Å². The van der Waals surface area contributed by atoms with Crippen LogP contribution in [0, 0.1) is 13.8 Å². The van der Waals surface area contributed by atoms with Crippen LogP contribution in [0.2, 0.25) is 0 Å². The number of benzene rings is 1. The average Bonchev–Trinajstić information content (AvgIpc) is 2.79. The van der Waals surface area contributed by atoms with Crippen LogP contribution in [0.5, 0.6) is 0 Å². The fourth-order valence-corrected chi connectivity index (χ4v) is 2.64. The largest absolute Gasteiger partial charge is 0.461 e. The molecule has 0 aliphatic carbocycles. The van der Waals surface area contributed by atoms with Crippen LogP contribution in [0.25, 0.3) is 0 Å². The normalized spacial score (nSPS) is 10.3. The van der Waals surface area contributed by atoms with Crippen molar-refractivity contribution in [1.29, 1.82) is 0 Å². The molecule has 0 unspecified atom stereocenters. The van der Waals surface area contributed by atoms with Gasteiger partial charge in [-0.2, -0.15) is 0 Å². The molecular weight excluding hydrogens is 272 g/mol. The van der Waals surface area contributed by atoms with E-state index in [9.17, 15) is 4.79 Å². The highest BCUT2D eigenvalue weighted by Crippen LogP contribution is 2.23. The van der Waals surface area contributed by atoms with Crippen LogP contribution < -0.4 is 5.32 Å². The number of rotatable bonds is 5. The van der Waals surface area contributed by atoms with E-state index in [4.69, 9.17) is 4.74 Å². The number of thiazole rings is 1. The number of nitrogens with one attached hydrogen (secondary N) is 1. The second kappa shape index (κ2) is 6.52. The molecule has 0 atom stereocenters. The summed E-state index contributed by atoms with van der Waals surface area (Å²) >= 11 is 1.47. The predicted molar refractivity (Wildman–Crippen MR) is 81.3 cm³/mol. The van der Waals surface area contributed by atoms with E-state index in [1.807, 2.05) is 19.1 Å². The summed E-state index contributed by atoms with van der Waals surface area (Å²) in [4.78, 5) is 16.9. The summed E-state index contributed by atoms with van der Waals surface area (Å²) in [6.45, 7) is 6.80. The first-order chi connectivity index (χ1) is 9.61. The number of nitrogens with zero attached hydrogens (tertiary/aromatic N) is 1. The van der Waals surface area contributed by atoms with Crippen LogP contribution in [0.4, 0.5) is 5.13 Å². The second-order valence-corrected chi connectivity index (χ2v) is 5.63. The molecule has 5 heteroatoms. The maximum absolute atomic E-state index is 11.7. The van der Waals surface area contributed by atoms with Crippen LogP contribution in [0.15, 0.2) is 24.3 Å². The third-order valence-electron chi connectivity index (χ3n) is 2.96. The molecule has 1 aromatic carbocycles. The Morgan fingerprint density at radius 3 is 2.80 bits per heavy atom. The SMILES string of the molecule is CCOC(=O)c1nc(NCc2ccccc2C)sc1C. The van der Waals surface area contributed by atoms with Crippen molar-refractivity contribution >= 4 is 22.4 Å². The first kappa shape index (κ1) is 14.5. The van der Waals surface area contributed by atoms with Crippen LogP contribution in [-0.4, -0.2) is 17.6 Å². The third-order valence-corrected chi connectivity index (χ3v) is 3.89. The lowest BCUT2D eigenvalue weighted by molar-refractivity contribution is 0.0519. The van der Waals surface area contributed by atoms with E-state index < -0.39 is 0 Å². The molecule has 2 aromatic rings. The average molecular weight is 290 g/mol. The number of anilines is 1. The highest BCUT2D eigenvalue weighted by molar-refractivity contribution is 7.15. The molecule has 0 radical (unpaired) electrons. The Morgan fingerprint density at radius 1 is 1.35 bits per heavy atom. The van der Waals surface area contributed by atoms with E-state index in [1.54, 1.807) is 6.92 Å². The molecule has 1 aromatic heterocycles. The van der Waals surface area contributed by atoms with Crippen molar-refractivity contribution in [2.24, 2.45) is 0 Å². The molecular formula is C15H18N2O2S. The summed E-state index contributed by atoms with van der Waals surface area (Å²) in [6, 6.07) is 8.19. The first-order valence-corrected chi connectivity index (χ1v) is 7.36. The lowest BCUT2D eigenvalue weighted by atomic mass is 10.1. The Hall–Kier alpha value is -1.88. The minimum Gasteiger partial charge on any atom is -0.461 e. The Balaban J connectivity index is 2.06. The predicted octanol–water partition coefficient (Wildman–Crippen LogP) is 3.55. The summed E-state index contributed by atoms with van der Waals surface area (Å²) in [5, 5.41) is 4.00. The van der Waals surface area contributed by atoms with Crippen molar-refractivity contribution in [3.8, 4) is 0 Å². The molecule has 0 amide bonds. The van der Waals surface area contributed by atoms with Gasteiger partial charge in [-0.15, -0.1) is 11.3 Å². The molecule has 4 nitrogen and oxygen atoms in total. The monoisotopic (exact) mass is 290 g/mol. The van der Waals surface area contributed by atoms with Gasteiger partial charge in [0.15, 0.2) is 10.8 Å². The van der Waals surface area contributed by atoms with Gasteiger partial charge in [0.1, 0.15) is 0 Å². The summed E-state index contributed by atoms with van der Waals surface area (Å²) in [5.41, 5.74) is 2.86. The molecule has 0 fully saturated rings. The first-order valence-electron chi connectivity index (χ1n) is 6.54. The topological polar surface area (TPSA) is 51.2 Å². The molecule has 20 heavy (non-hydrogen) atoms. The molecule has 0 saturated heterocycles. The second-order valence-electron chi connectivity index (χ2n) is 4.42. The van der Waals surface area contributed by atoms with Crippen molar-refractivity contribution in [2.45, 2.75) is 27.3 Å². The molecule has 106 valence electrons. The highest BCUT2D eigenvalue weighted by atomic mass is 32.1. The van der Waals surface area contributed by atoms with Crippen molar-refractivity contribution in [1.82, 2.24) is 4.98 Å². The van der Waals surface area contributed by atoms with E-state index in [-0.39, 0.29) is 5.97 Å². The van der Waals surface area contributed by atoms with Gasteiger partial charge < -0.3 is 10.1 Å². The van der Waals surface area contributed by atoms with Gasteiger partial charge in [-0.25, -0.2) is 9.78 Å². The number of carbonyl (C=O) groups excluding carboxylic acids is 1. The van der Waals surface area contributed by atoms with E-state index in [1.165, 1.54) is 22.5 Å². The Kier molecular flexibility index (Phi) is 4.74. The van der Waals surface area contributed by atoms with E-state index in [0.29, 0.717) is 18.8 Å². The fraction of sp³-hybridized carbons (Fsp3) is 0.333. The molecule has 0 aliphatic heterocycles. The number of aryl methyl sites for hydroxylation is 2. The number of aromatic nitrogens is 1. The maximum atomic E-state index is 11.7. The van der Waals surface area contributed by atoms with Gasteiger partial charge in [0, 0.05) is 11.4 Å². The molecule has 0 spiro atoms. The smallest absolute Gasteiger partial charge is 0.358 e. The van der Waals surface area contributed by atoms with Crippen LogP contribution >= 0.6 is 11.3 Å². The van der Waals surface area contributed by atoms with Gasteiger partial charge in [-0.05, 0) is 31.9 Å². The molecule has 1 heterocycles. The fourth-order valence-electron chi connectivity index (χ4n) is 1.84. The number of esters is 1. The summed E-state index contributed by atoms with van der Waals surface area (Å²) in [7, 11) is 0. The van der Waals surface area contributed by atoms with Gasteiger partial charge in [-0.1, -0.05) is 24.3 Å². The summed E-state index contributed by atoms with van der Waals surface area (Å²) in [5.74, 6) is -0.356. The molecule has 2 rings (SSSR count). The number of ether oxygens (including phenoxy) is 1. The standard InChI is InChI=1S/C15H18N2O2S/c1-4-19-14(18)13-11(3)20-15(17-13)16-9-12-8-6-5-7-10(12)2/h5-8H,4,9H2,1-3H3,(H,16,17). The van der Waals surface area contributed by atoms with Gasteiger partial charge >= 0.3 is 5.97 Å². The zero-order chi connectivity index (χ0) is 14.5. The third kappa shape index (κ3) is 3.36. The minimum absolute atomic E-state index is 0.356. The van der Waals surface area contributed by atoms with Crippen LogP contribution in [-0.2, 0) is 11.3 Å². The lowest BCUT2D eigenvalue weighted by Crippen LogP contribution is -2.07. The molecule has 1 N–H and O–H groups in total. The minimum atomic E-state index is -0.356. The van der Waals surface area contributed by atoms with Gasteiger partial charge in [-0.3, -0.25) is 0 Å². The maximum Gasteiger partial charge on any atom is 0.358 e. The van der Waals surface area contributed by atoms with Crippen LogP contribution in [0.1, 0.15) is 33.4 Å². The van der Waals surface area contributed by atoms with E-state index >= 15 is 0 Å². The quantitative estimate of drug-likeness (QED) is 0.856. The lowest BCUT2D eigenvalue weighted by Gasteiger charge is -2.05. The van der Waals surface area contributed by atoms with Crippen molar-refractivity contribution in [3.63, 3.8) is 0 Å². The summed E-state index contributed by atoms with van der Waals surface area (Å²) in [6.07, 6.45) is 0. The van der Waals surface area contributed by atoms with Crippen molar-refractivity contribution in [2.75, 3.05) is 11.9 Å². The number of hydrogen-bond donors (Lipinski definition) is 1. The van der Waals surface area contributed by atoms with E-state index in [2.05, 4.69) is 29.4 Å². The Labute approximate surface area is 122 Å². The van der Waals surface area contributed by atoms with Crippen molar-refractivity contribution < 1.29 is 9.53 Å². The summed E-state index contributed by atoms with van der Waals surface area (Å²) < 4.78 is 4.98. The van der Waals surface area contributed by atoms with Crippen molar-refractivity contribution in [3.05, 3.63) is 46.0 Å². The zero-order valence-corrected chi connectivity index (χ0v) is 12.7. The molecule has 0 bridgehead atoms. The van der Waals surface area contributed by atoms with Gasteiger partial charge in [0.2, 0.25) is 0 Å². The molecule has 0 saturated carbocycles. The number of carbonyl (C=O) groups is 1. The van der Waals surface area contributed by atoms with E-state index in [0.717, 1.165) is 10.0 Å².